The summed E-state index contributed by atoms with van der Waals surface area (Å²) in [4.78, 5) is 16.4. The molecule has 3 aromatic rings. The van der Waals surface area contributed by atoms with Gasteiger partial charge in [-0.2, -0.15) is 0 Å². The van der Waals surface area contributed by atoms with Gasteiger partial charge in [0.2, 0.25) is 0 Å². The van der Waals surface area contributed by atoms with Gasteiger partial charge in [0.15, 0.2) is 11.7 Å². The number of halogens is 1. The molecular weight excluding hydrogens is 503 g/mol. The number of guanidine groups is 1. The molecule has 0 spiro atoms. The monoisotopic (exact) mass is 530 g/mol. The molecule has 0 bridgehead atoms. The van der Waals surface area contributed by atoms with E-state index in [4.69, 9.17) is 4.42 Å². The van der Waals surface area contributed by atoms with Crippen LogP contribution in [-0.4, -0.2) is 25.5 Å². The second-order valence-corrected chi connectivity index (χ2v) is 7.55. The van der Waals surface area contributed by atoms with Gasteiger partial charge >= 0.3 is 0 Å². The van der Waals surface area contributed by atoms with Crippen LogP contribution in [-0.2, 0) is 12.0 Å². The van der Waals surface area contributed by atoms with Crippen LogP contribution in [0.3, 0.4) is 0 Å². The second-order valence-electron chi connectivity index (χ2n) is 7.55. The Balaban J connectivity index is 0.00000272. The summed E-state index contributed by atoms with van der Waals surface area (Å²) in [5, 5.41) is 9.64. The third-order valence-corrected chi connectivity index (χ3v) is 5.47. The molecule has 1 aliphatic carbocycles. The molecule has 2 aromatic carbocycles. The molecular formula is C24H27IN4O2. The van der Waals surface area contributed by atoms with E-state index in [1.807, 2.05) is 24.3 Å². The topological polar surface area (TPSA) is 78.7 Å². The number of anilines is 1. The average molecular weight is 530 g/mol. The highest BCUT2D eigenvalue weighted by molar-refractivity contribution is 14.0. The van der Waals surface area contributed by atoms with E-state index in [-0.39, 0.29) is 35.3 Å². The van der Waals surface area contributed by atoms with Crippen molar-refractivity contribution in [1.82, 2.24) is 10.6 Å². The maximum absolute atomic E-state index is 12.0. The number of amides is 1. The molecule has 1 saturated carbocycles. The van der Waals surface area contributed by atoms with Crippen LogP contribution in [0, 0.1) is 0 Å². The Hall–Kier alpha value is -2.81. The fourth-order valence-electron chi connectivity index (χ4n) is 3.48. The fourth-order valence-corrected chi connectivity index (χ4v) is 3.48. The first-order valence-corrected chi connectivity index (χ1v) is 10.1. The number of hydrogen-bond acceptors (Lipinski definition) is 3. The summed E-state index contributed by atoms with van der Waals surface area (Å²) in [5.41, 5.74) is 3.44. The Morgan fingerprint density at radius 2 is 1.74 bits per heavy atom. The Bertz CT molecular complexity index is 998. The summed E-state index contributed by atoms with van der Waals surface area (Å²) < 4.78 is 5.11. The smallest absolute Gasteiger partial charge is 0.291 e. The summed E-state index contributed by atoms with van der Waals surface area (Å²) in [7, 11) is 1.78. The van der Waals surface area contributed by atoms with Gasteiger partial charge in [0.25, 0.3) is 5.91 Å². The molecule has 0 radical (unpaired) electrons. The minimum Gasteiger partial charge on any atom is -0.459 e. The zero-order chi connectivity index (χ0) is 20.8. The van der Waals surface area contributed by atoms with Gasteiger partial charge in [0.05, 0.1) is 6.26 Å². The van der Waals surface area contributed by atoms with Gasteiger partial charge < -0.3 is 20.4 Å². The molecule has 1 amide bonds. The van der Waals surface area contributed by atoms with Crippen LogP contribution >= 0.6 is 24.0 Å². The van der Waals surface area contributed by atoms with E-state index in [1.54, 1.807) is 19.2 Å². The van der Waals surface area contributed by atoms with Gasteiger partial charge in [-0.1, -0.05) is 42.5 Å². The molecule has 1 aliphatic rings. The van der Waals surface area contributed by atoms with Gasteiger partial charge in [-0.15, -0.1) is 24.0 Å². The Morgan fingerprint density at radius 3 is 2.35 bits per heavy atom. The van der Waals surface area contributed by atoms with Crippen molar-refractivity contribution in [2.45, 2.75) is 24.8 Å². The molecule has 1 fully saturated rings. The number of aliphatic imine (C=N–C) groups is 1. The van der Waals surface area contributed by atoms with E-state index >= 15 is 0 Å². The highest BCUT2D eigenvalue weighted by Crippen LogP contribution is 2.47. The normalized spacial score (nSPS) is 14.3. The van der Waals surface area contributed by atoms with Gasteiger partial charge in [-0.05, 0) is 48.2 Å². The summed E-state index contributed by atoms with van der Waals surface area (Å²) in [6.07, 6.45) is 3.88. The van der Waals surface area contributed by atoms with Crippen molar-refractivity contribution >= 4 is 41.5 Å². The van der Waals surface area contributed by atoms with Crippen molar-refractivity contribution in [3.05, 3.63) is 89.9 Å². The van der Waals surface area contributed by atoms with E-state index in [0.29, 0.717) is 12.3 Å². The number of furan rings is 1. The average Bonchev–Trinajstić information content (AvgIpc) is 3.37. The van der Waals surface area contributed by atoms with Crippen LogP contribution < -0.4 is 16.0 Å². The number of nitrogens with zero attached hydrogens (tertiary/aromatic N) is 1. The molecule has 0 unspecified atom stereocenters. The lowest BCUT2D eigenvalue weighted by molar-refractivity contribution is 0.0996. The summed E-state index contributed by atoms with van der Waals surface area (Å²) in [6.45, 7) is 1.51. The minimum atomic E-state index is -0.261. The zero-order valence-corrected chi connectivity index (χ0v) is 19.8. The van der Waals surface area contributed by atoms with Gasteiger partial charge in [-0.3, -0.25) is 9.79 Å². The Kier molecular flexibility index (Phi) is 7.73. The lowest BCUT2D eigenvalue weighted by atomic mass is 9.96. The molecule has 31 heavy (non-hydrogen) atoms. The van der Waals surface area contributed by atoms with Crippen molar-refractivity contribution in [3.63, 3.8) is 0 Å². The Labute approximate surface area is 199 Å². The van der Waals surface area contributed by atoms with Crippen LogP contribution in [0.1, 0.15) is 34.5 Å². The van der Waals surface area contributed by atoms with Crippen LogP contribution in [0.2, 0.25) is 0 Å². The molecule has 162 valence electrons. The molecule has 7 heteroatoms. The van der Waals surface area contributed by atoms with E-state index in [2.05, 4.69) is 51.3 Å². The molecule has 3 N–H and O–H groups in total. The third-order valence-electron chi connectivity index (χ3n) is 5.47. The molecule has 0 saturated heterocycles. The Morgan fingerprint density at radius 1 is 1.00 bits per heavy atom. The minimum absolute atomic E-state index is 0. The first kappa shape index (κ1) is 22.9. The van der Waals surface area contributed by atoms with Crippen molar-refractivity contribution in [3.8, 4) is 0 Å². The summed E-state index contributed by atoms with van der Waals surface area (Å²) in [6, 6.07) is 21.7. The maximum Gasteiger partial charge on any atom is 0.291 e. The van der Waals surface area contributed by atoms with Crippen LogP contribution in [0.25, 0.3) is 0 Å². The number of carbonyl (C=O) groups is 1. The molecule has 4 rings (SSSR count). The predicted molar refractivity (Wildman–Crippen MR) is 134 cm³/mol. The molecule has 0 aliphatic heterocycles. The molecule has 6 nitrogen and oxygen atoms in total. The van der Waals surface area contributed by atoms with E-state index in [0.717, 1.165) is 23.8 Å². The van der Waals surface area contributed by atoms with Crippen molar-refractivity contribution in [2.24, 2.45) is 4.99 Å². The number of hydrogen-bond donors (Lipinski definition) is 3. The zero-order valence-electron chi connectivity index (χ0n) is 17.4. The number of benzene rings is 2. The molecule has 1 heterocycles. The van der Waals surface area contributed by atoms with Gasteiger partial charge in [0.1, 0.15) is 0 Å². The largest absolute Gasteiger partial charge is 0.459 e. The highest BCUT2D eigenvalue weighted by atomic mass is 127. The predicted octanol–water partition coefficient (Wildman–Crippen LogP) is 4.55. The lowest BCUT2D eigenvalue weighted by Crippen LogP contribution is -2.40. The van der Waals surface area contributed by atoms with Gasteiger partial charge in [0, 0.05) is 31.2 Å². The maximum atomic E-state index is 12.0. The molecule has 0 atom stereocenters. The number of nitrogens with one attached hydrogen (secondary N) is 3. The standard InChI is InChI=1S/C24H26N4O2.HI/c1-25-23(27-17-24(13-14-24)19-6-3-2-4-7-19)26-16-18-9-11-20(12-10-18)28-22(29)21-8-5-15-30-21;/h2-12,15H,13-14,16-17H2,1H3,(H,28,29)(H2,25,26,27);1H. The van der Waals surface area contributed by atoms with Crippen LogP contribution in [0.5, 0.6) is 0 Å². The fraction of sp³-hybridized carbons (Fsp3) is 0.250. The summed E-state index contributed by atoms with van der Waals surface area (Å²) >= 11 is 0. The van der Waals surface area contributed by atoms with Gasteiger partial charge in [-0.25, -0.2) is 0 Å². The number of rotatable bonds is 7. The third kappa shape index (κ3) is 5.88. The summed E-state index contributed by atoms with van der Waals surface area (Å²) in [5.74, 6) is 0.815. The second kappa shape index (κ2) is 10.5. The molecule has 1 aromatic heterocycles. The first-order chi connectivity index (χ1) is 14.7. The van der Waals surface area contributed by atoms with Crippen molar-refractivity contribution < 1.29 is 9.21 Å². The quantitative estimate of drug-likeness (QED) is 0.238. The van der Waals surface area contributed by atoms with Crippen LogP contribution in [0.15, 0.2) is 82.4 Å². The van der Waals surface area contributed by atoms with Crippen LogP contribution in [0.4, 0.5) is 5.69 Å². The van der Waals surface area contributed by atoms with E-state index in [1.165, 1.54) is 24.7 Å². The van der Waals surface area contributed by atoms with Crippen molar-refractivity contribution in [1.29, 1.82) is 0 Å². The highest BCUT2D eigenvalue weighted by Gasteiger charge is 2.43. The SMILES string of the molecule is CN=C(NCc1ccc(NC(=O)c2ccco2)cc1)NCC1(c2ccccc2)CC1.I. The number of carbonyl (C=O) groups excluding carboxylic acids is 1. The van der Waals surface area contributed by atoms with E-state index < -0.39 is 0 Å². The first-order valence-electron chi connectivity index (χ1n) is 10.1. The van der Waals surface area contributed by atoms with E-state index in [9.17, 15) is 4.79 Å². The lowest BCUT2D eigenvalue weighted by Gasteiger charge is -2.19. The van der Waals surface area contributed by atoms with Crippen molar-refractivity contribution in [2.75, 3.05) is 18.9 Å².